The van der Waals surface area contributed by atoms with E-state index in [1.807, 2.05) is 6.08 Å². The fraction of sp³-hybridized carbons (Fsp3) is 0.912. The topological polar surface area (TPSA) is 69.6 Å². The monoisotopic (exact) mass is 538 g/mol. The summed E-state index contributed by atoms with van der Waals surface area (Å²) in [5, 5.41) is 22.3. The molecule has 0 saturated carbocycles. The van der Waals surface area contributed by atoms with Crippen molar-refractivity contribution in [2.45, 2.75) is 193 Å². The summed E-state index contributed by atoms with van der Waals surface area (Å²) in [6.45, 7) is 4.12. The molecule has 2 atom stereocenters. The number of carbonyl (C=O) groups is 1. The molecule has 3 N–H and O–H groups in total. The smallest absolute Gasteiger partial charge is 0.220 e. The molecule has 0 radical (unpaired) electrons. The molecule has 0 spiro atoms. The molecule has 226 valence electrons. The first-order chi connectivity index (χ1) is 18.7. The lowest BCUT2D eigenvalue weighted by atomic mass is 10.0. The van der Waals surface area contributed by atoms with E-state index in [-0.39, 0.29) is 12.5 Å². The molecule has 4 heteroatoms. The summed E-state index contributed by atoms with van der Waals surface area (Å²) >= 11 is 0. The maximum absolute atomic E-state index is 12.1. The van der Waals surface area contributed by atoms with Gasteiger partial charge in [0.25, 0.3) is 0 Å². The second-order valence-electron chi connectivity index (χ2n) is 11.6. The van der Waals surface area contributed by atoms with E-state index in [9.17, 15) is 15.0 Å². The molecule has 0 bridgehead atoms. The number of rotatable bonds is 30. The molecular formula is C34H67NO3. The lowest BCUT2D eigenvalue weighted by Crippen LogP contribution is -2.45. The molecule has 0 aliphatic carbocycles. The fourth-order valence-corrected chi connectivity index (χ4v) is 5.13. The van der Waals surface area contributed by atoms with Crippen molar-refractivity contribution in [1.29, 1.82) is 0 Å². The summed E-state index contributed by atoms with van der Waals surface area (Å²) in [5.41, 5.74) is 0. The number of nitrogens with one attached hydrogen (secondary N) is 1. The number of allylic oxidation sites excluding steroid dienone is 1. The average molecular weight is 538 g/mol. The lowest BCUT2D eigenvalue weighted by molar-refractivity contribution is -0.123. The van der Waals surface area contributed by atoms with Crippen molar-refractivity contribution in [3.63, 3.8) is 0 Å². The van der Waals surface area contributed by atoms with Crippen LogP contribution in [0.25, 0.3) is 0 Å². The van der Waals surface area contributed by atoms with Gasteiger partial charge in [-0.25, -0.2) is 0 Å². The molecule has 0 saturated heterocycles. The third-order valence-corrected chi connectivity index (χ3v) is 7.75. The number of hydrogen-bond acceptors (Lipinski definition) is 3. The van der Waals surface area contributed by atoms with E-state index in [0.717, 1.165) is 25.7 Å². The normalized spacial score (nSPS) is 13.3. The van der Waals surface area contributed by atoms with Crippen LogP contribution in [0.15, 0.2) is 12.2 Å². The van der Waals surface area contributed by atoms with Gasteiger partial charge in [0, 0.05) is 6.42 Å². The zero-order valence-corrected chi connectivity index (χ0v) is 25.7. The molecule has 0 rings (SSSR count). The van der Waals surface area contributed by atoms with Gasteiger partial charge < -0.3 is 15.5 Å². The Morgan fingerprint density at radius 3 is 1.32 bits per heavy atom. The van der Waals surface area contributed by atoms with Gasteiger partial charge in [-0.1, -0.05) is 174 Å². The molecule has 0 aliphatic rings. The minimum Gasteiger partial charge on any atom is -0.394 e. The summed E-state index contributed by atoms with van der Waals surface area (Å²) in [4.78, 5) is 12.1. The number of unbranched alkanes of at least 4 members (excludes halogenated alkanes) is 23. The summed E-state index contributed by atoms with van der Waals surface area (Å²) in [6, 6.07) is -0.611. The van der Waals surface area contributed by atoms with Gasteiger partial charge >= 0.3 is 0 Å². The van der Waals surface area contributed by atoms with Crippen molar-refractivity contribution in [3.05, 3.63) is 12.2 Å². The first kappa shape index (κ1) is 37.1. The Labute approximate surface area is 237 Å². The van der Waals surface area contributed by atoms with Crippen LogP contribution in [0.2, 0.25) is 0 Å². The van der Waals surface area contributed by atoms with Crippen molar-refractivity contribution in [1.82, 2.24) is 5.32 Å². The SMILES string of the molecule is CCC/C=C/C(O)C(CO)NC(=O)CCCCCCCCCCCCCCCCCCCCCCCCC. The van der Waals surface area contributed by atoms with Crippen LogP contribution >= 0.6 is 0 Å². The van der Waals surface area contributed by atoms with E-state index >= 15 is 0 Å². The van der Waals surface area contributed by atoms with Crippen LogP contribution < -0.4 is 5.32 Å². The Hall–Kier alpha value is -0.870. The Bertz CT molecular complexity index is 508. The highest BCUT2D eigenvalue weighted by molar-refractivity contribution is 5.76. The summed E-state index contributed by atoms with van der Waals surface area (Å²) in [7, 11) is 0. The molecule has 0 aromatic rings. The highest BCUT2D eigenvalue weighted by atomic mass is 16.3. The molecule has 0 aliphatic heterocycles. The third kappa shape index (κ3) is 26.7. The van der Waals surface area contributed by atoms with Crippen LogP contribution in [-0.4, -0.2) is 34.9 Å². The molecule has 2 unspecified atom stereocenters. The minimum atomic E-state index is -0.829. The highest BCUT2D eigenvalue weighted by Gasteiger charge is 2.17. The zero-order valence-electron chi connectivity index (χ0n) is 25.7. The molecule has 0 heterocycles. The standard InChI is InChI=1S/C34H67NO3/c1-3-5-7-8-9-10-11-12-13-14-15-16-17-18-19-20-21-22-23-24-25-26-28-30-34(38)35-32(31-36)33(37)29-27-6-4-2/h27,29,32-33,36-37H,3-26,28,30-31H2,1-2H3,(H,35,38)/b29-27+. The zero-order chi connectivity index (χ0) is 27.9. The van der Waals surface area contributed by atoms with Crippen LogP contribution in [0.3, 0.4) is 0 Å². The van der Waals surface area contributed by atoms with E-state index in [0.29, 0.717) is 6.42 Å². The van der Waals surface area contributed by atoms with Gasteiger partial charge in [0.15, 0.2) is 0 Å². The van der Waals surface area contributed by atoms with Crippen molar-refractivity contribution < 1.29 is 15.0 Å². The summed E-state index contributed by atoms with van der Waals surface area (Å²) in [5.74, 6) is -0.0736. The lowest BCUT2D eigenvalue weighted by Gasteiger charge is -2.19. The first-order valence-corrected chi connectivity index (χ1v) is 16.9. The predicted octanol–water partition coefficient (Wildman–Crippen LogP) is 9.56. The van der Waals surface area contributed by atoms with Crippen molar-refractivity contribution in [2.75, 3.05) is 6.61 Å². The van der Waals surface area contributed by atoms with Crippen molar-refractivity contribution >= 4 is 5.91 Å². The van der Waals surface area contributed by atoms with E-state index < -0.39 is 12.1 Å². The molecular weight excluding hydrogens is 470 g/mol. The molecule has 0 aromatic carbocycles. The Kier molecular flexibility index (Phi) is 30.0. The quantitative estimate of drug-likeness (QED) is 0.0631. The van der Waals surface area contributed by atoms with Crippen LogP contribution in [0.4, 0.5) is 0 Å². The maximum Gasteiger partial charge on any atom is 0.220 e. The molecule has 38 heavy (non-hydrogen) atoms. The van der Waals surface area contributed by atoms with E-state index in [2.05, 4.69) is 19.2 Å². The van der Waals surface area contributed by atoms with Gasteiger partial charge in [-0.2, -0.15) is 0 Å². The number of aliphatic hydroxyl groups excluding tert-OH is 2. The van der Waals surface area contributed by atoms with Gasteiger partial charge in [-0.15, -0.1) is 0 Å². The number of amides is 1. The van der Waals surface area contributed by atoms with Gasteiger partial charge in [0.2, 0.25) is 5.91 Å². The van der Waals surface area contributed by atoms with Crippen LogP contribution in [0.5, 0.6) is 0 Å². The average Bonchev–Trinajstić information content (AvgIpc) is 2.92. The Morgan fingerprint density at radius 1 is 0.605 bits per heavy atom. The van der Waals surface area contributed by atoms with Gasteiger partial charge in [-0.05, 0) is 12.8 Å². The van der Waals surface area contributed by atoms with Gasteiger partial charge in [0.05, 0.1) is 18.8 Å². The second-order valence-corrected chi connectivity index (χ2v) is 11.6. The minimum absolute atomic E-state index is 0.0736. The predicted molar refractivity (Wildman–Crippen MR) is 166 cm³/mol. The Balaban J connectivity index is 3.33. The van der Waals surface area contributed by atoms with Crippen molar-refractivity contribution in [2.24, 2.45) is 0 Å². The van der Waals surface area contributed by atoms with Gasteiger partial charge in [0.1, 0.15) is 0 Å². The van der Waals surface area contributed by atoms with Gasteiger partial charge in [-0.3, -0.25) is 4.79 Å². The number of hydrogen-bond donors (Lipinski definition) is 3. The van der Waals surface area contributed by atoms with Crippen LogP contribution in [0, 0.1) is 0 Å². The van der Waals surface area contributed by atoms with Crippen LogP contribution in [0.1, 0.15) is 181 Å². The van der Waals surface area contributed by atoms with Crippen molar-refractivity contribution in [3.8, 4) is 0 Å². The third-order valence-electron chi connectivity index (χ3n) is 7.75. The highest BCUT2D eigenvalue weighted by Crippen LogP contribution is 2.15. The van der Waals surface area contributed by atoms with E-state index in [1.165, 1.54) is 135 Å². The largest absolute Gasteiger partial charge is 0.394 e. The molecule has 1 amide bonds. The van der Waals surface area contributed by atoms with Crippen LogP contribution in [-0.2, 0) is 4.79 Å². The molecule has 4 nitrogen and oxygen atoms in total. The first-order valence-electron chi connectivity index (χ1n) is 16.9. The number of aliphatic hydroxyl groups is 2. The molecule has 0 aromatic heterocycles. The Morgan fingerprint density at radius 2 is 0.974 bits per heavy atom. The maximum atomic E-state index is 12.1. The summed E-state index contributed by atoms with van der Waals surface area (Å²) in [6.07, 6.45) is 36.5. The fourth-order valence-electron chi connectivity index (χ4n) is 5.13. The summed E-state index contributed by atoms with van der Waals surface area (Å²) < 4.78 is 0. The van der Waals surface area contributed by atoms with E-state index in [4.69, 9.17) is 0 Å². The molecule has 0 fully saturated rings. The van der Waals surface area contributed by atoms with E-state index in [1.54, 1.807) is 6.08 Å². The second kappa shape index (κ2) is 30.7. The number of carbonyl (C=O) groups excluding carboxylic acids is 1.